The van der Waals surface area contributed by atoms with E-state index in [2.05, 4.69) is 41.2 Å². The van der Waals surface area contributed by atoms with Gasteiger partial charge >= 0.3 is 11.9 Å². The van der Waals surface area contributed by atoms with E-state index in [-0.39, 0.29) is 30.2 Å². The van der Waals surface area contributed by atoms with Crippen LogP contribution < -0.4 is 0 Å². The summed E-state index contributed by atoms with van der Waals surface area (Å²) in [6.07, 6.45) is 0.489. The van der Waals surface area contributed by atoms with Gasteiger partial charge in [-0.1, -0.05) is 41.2 Å². The molecular weight excluding hydrogens is 308 g/mol. The minimum Gasteiger partial charge on any atom is -0.462 e. The number of rotatable bonds is 10. The number of hydrogen-bond donors (Lipinski definition) is 1. The number of esters is 2. The lowest BCUT2D eigenvalue weighted by Gasteiger charge is -2.43. The standard InChI is InChI=1S/C19H34O5/c1-9-18(6,7)19(8,10-13(2)3)17(22)24-12-15(20)11-23-16(21)14(4)5/h13,15,20H,4,9-12H2,1-3,5-8H3. The van der Waals surface area contributed by atoms with Crippen LogP contribution in [0.25, 0.3) is 0 Å². The summed E-state index contributed by atoms with van der Waals surface area (Å²) in [7, 11) is 0. The quantitative estimate of drug-likeness (QED) is 0.486. The first kappa shape index (κ1) is 22.6. The minimum atomic E-state index is -1.05. The van der Waals surface area contributed by atoms with E-state index < -0.39 is 17.5 Å². The average Bonchev–Trinajstić information content (AvgIpc) is 2.48. The fourth-order valence-corrected chi connectivity index (χ4v) is 2.52. The predicted molar refractivity (Wildman–Crippen MR) is 94.4 cm³/mol. The van der Waals surface area contributed by atoms with E-state index in [1.54, 1.807) is 0 Å². The average molecular weight is 342 g/mol. The second kappa shape index (κ2) is 9.21. The number of carbonyl (C=O) groups is 2. The van der Waals surface area contributed by atoms with Gasteiger partial charge < -0.3 is 14.6 Å². The summed E-state index contributed by atoms with van der Waals surface area (Å²) in [5, 5.41) is 9.85. The maximum absolute atomic E-state index is 12.7. The van der Waals surface area contributed by atoms with Gasteiger partial charge in [0.05, 0.1) is 5.41 Å². The highest BCUT2D eigenvalue weighted by molar-refractivity contribution is 5.86. The van der Waals surface area contributed by atoms with Crippen LogP contribution in [-0.4, -0.2) is 36.4 Å². The molecule has 0 aromatic rings. The van der Waals surface area contributed by atoms with E-state index in [1.807, 2.05) is 6.92 Å². The molecule has 2 unspecified atom stereocenters. The molecule has 0 bridgehead atoms. The first-order valence-electron chi connectivity index (χ1n) is 8.55. The Morgan fingerprint density at radius 1 is 1.12 bits per heavy atom. The Bertz CT molecular complexity index is 453. The van der Waals surface area contributed by atoms with Gasteiger partial charge in [-0.05, 0) is 38.0 Å². The number of aliphatic hydroxyl groups is 1. The fraction of sp³-hybridized carbons (Fsp3) is 0.789. The molecule has 140 valence electrons. The highest BCUT2D eigenvalue weighted by Crippen LogP contribution is 2.46. The molecule has 0 aliphatic rings. The molecule has 0 aliphatic heterocycles. The summed E-state index contributed by atoms with van der Waals surface area (Å²) in [6.45, 7) is 16.8. The van der Waals surface area contributed by atoms with Crippen LogP contribution in [0.4, 0.5) is 0 Å². The van der Waals surface area contributed by atoms with E-state index in [9.17, 15) is 14.7 Å². The third kappa shape index (κ3) is 6.27. The van der Waals surface area contributed by atoms with Gasteiger partial charge in [-0.3, -0.25) is 4.79 Å². The van der Waals surface area contributed by atoms with E-state index >= 15 is 0 Å². The minimum absolute atomic E-state index is 0.199. The normalized spacial score (nSPS) is 15.5. The van der Waals surface area contributed by atoms with Crippen molar-refractivity contribution in [2.24, 2.45) is 16.7 Å². The zero-order valence-corrected chi connectivity index (χ0v) is 16.3. The number of carbonyl (C=O) groups excluding carboxylic acids is 2. The molecule has 0 aliphatic carbocycles. The topological polar surface area (TPSA) is 72.8 Å². The Labute approximate surface area is 146 Å². The van der Waals surface area contributed by atoms with Gasteiger partial charge in [-0.2, -0.15) is 0 Å². The molecule has 5 heteroatoms. The molecule has 24 heavy (non-hydrogen) atoms. The SMILES string of the molecule is C=C(C)C(=O)OCC(O)COC(=O)C(C)(CC(C)C)C(C)(C)CC. The van der Waals surface area contributed by atoms with Crippen LogP contribution in [0.5, 0.6) is 0 Å². The molecule has 5 nitrogen and oxygen atoms in total. The second-order valence-corrected chi connectivity index (χ2v) is 7.80. The van der Waals surface area contributed by atoms with Crippen LogP contribution in [0.15, 0.2) is 12.2 Å². The third-order valence-electron chi connectivity index (χ3n) is 4.81. The van der Waals surface area contributed by atoms with E-state index in [1.165, 1.54) is 6.92 Å². The van der Waals surface area contributed by atoms with Crippen LogP contribution in [0.1, 0.15) is 61.3 Å². The van der Waals surface area contributed by atoms with Gasteiger partial charge in [0.15, 0.2) is 0 Å². The third-order valence-corrected chi connectivity index (χ3v) is 4.81. The van der Waals surface area contributed by atoms with Gasteiger partial charge in [0.1, 0.15) is 19.3 Å². The van der Waals surface area contributed by atoms with Crippen LogP contribution in [0.2, 0.25) is 0 Å². The molecule has 0 fully saturated rings. The fourth-order valence-electron chi connectivity index (χ4n) is 2.52. The molecule has 0 saturated heterocycles. The molecule has 0 aromatic heterocycles. The Kier molecular flexibility index (Phi) is 8.69. The van der Waals surface area contributed by atoms with Crippen molar-refractivity contribution in [3.8, 4) is 0 Å². The van der Waals surface area contributed by atoms with Crippen LogP contribution in [0, 0.1) is 16.7 Å². The highest BCUT2D eigenvalue weighted by Gasteiger charge is 2.47. The molecule has 0 rings (SSSR count). The lowest BCUT2D eigenvalue weighted by atomic mass is 9.62. The predicted octanol–water partition coefficient (Wildman–Crippen LogP) is 3.50. The molecule has 0 aromatic carbocycles. The molecule has 0 radical (unpaired) electrons. The Hall–Kier alpha value is -1.36. The Morgan fingerprint density at radius 2 is 1.62 bits per heavy atom. The molecular formula is C19H34O5. The summed E-state index contributed by atoms with van der Waals surface area (Å²) in [6, 6.07) is 0. The van der Waals surface area contributed by atoms with E-state index in [4.69, 9.17) is 9.47 Å². The van der Waals surface area contributed by atoms with Gasteiger partial charge in [-0.15, -0.1) is 0 Å². The molecule has 0 spiro atoms. The molecule has 0 saturated carbocycles. The summed E-state index contributed by atoms with van der Waals surface area (Å²) >= 11 is 0. The zero-order valence-electron chi connectivity index (χ0n) is 16.3. The maximum atomic E-state index is 12.7. The van der Waals surface area contributed by atoms with Crippen molar-refractivity contribution >= 4 is 11.9 Å². The summed E-state index contributed by atoms with van der Waals surface area (Å²) in [5.41, 5.74) is -0.621. The summed E-state index contributed by atoms with van der Waals surface area (Å²) < 4.78 is 10.2. The number of aliphatic hydroxyl groups excluding tert-OH is 1. The van der Waals surface area contributed by atoms with Gasteiger partial charge in [-0.25, -0.2) is 4.79 Å². The first-order chi connectivity index (χ1) is 10.9. The highest BCUT2D eigenvalue weighted by atomic mass is 16.6. The van der Waals surface area contributed by atoms with Gasteiger partial charge in [0, 0.05) is 5.57 Å². The second-order valence-electron chi connectivity index (χ2n) is 7.80. The smallest absolute Gasteiger partial charge is 0.333 e. The maximum Gasteiger partial charge on any atom is 0.333 e. The lowest BCUT2D eigenvalue weighted by molar-refractivity contribution is -0.169. The molecule has 2 atom stereocenters. The van der Waals surface area contributed by atoms with Crippen molar-refractivity contribution in [2.45, 2.75) is 67.4 Å². The first-order valence-corrected chi connectivity index (χ1v) is 8.55. The monoisotopic (exact) mass is 342 g/mol. The van der Waals surface area contributed by atoms with Crippen molar-refractivity contribution < 1.29 is 24.2 Å². The van der Waals surface area contributed by atoms with Crippen molar-refractivity contribution in [3.05, 3.63) is 12.2 Å². The zero-order chi connectivity index (χ0) is 19.1. The van der Waals surface area contributed by atoms with Crippen molar-refractivity contribution in [1.82, 2.24) is 0 Å². The van der Waals surface area contributed by atoms with Crippen LogP contribution in [-0.2, 0) is 19.1 Å². The van der Waals surface area contributed by atoms with Gasteiger partial charge in [0.2, 0.25) is 0 Å². The van der Waals surface area contributed by atoms with Crippen molar-refractivity contribution in [2.75, 3.05) is 13.2 Å². The number of hydrogen-bond acceptors (Lipinski definition) is 5. The largest absolute Gasteiger partial charge is 0.462 e. The van der Waals surface area contributed by atoms with Crippen LogP contribution >= 0.6 is 0 Å². The van der Waals surface area contributed by atoms with Crippen molar-refractivity contribution in [3.63, 3.8) is 0 Å². The molecule has 0 heterocycles. The summed E-state index contributed by atoms with van der Waals surface area (Å²) in [4.78, 5) is 24.0. The van der Waals surface area contributed by atoms with Gasteiger partial charge in [0.25, 0.3) is 0 Å². The summed E-state index contributed by atoms with van der Waals surface area (Å²) in [5.74, 6) is -0.555. The van der Waals surface area contributed by atoms with E-state index in [0.29, 0.717) is 12.3 Å². The Balaban J connectivity index is 4.79. The van der Waals surface area contributed by atoms with E-state index in [0.717, 1.165) is 6.42 Å². The van der Waals surface area contributed by atoms with Crippen LogP contribution in [0.3, 0.4) is 0 Å². The van der Waals surface area contributed by atoms with Crippen molar-refractivity contribution in [1.29, 1.82) is 0 Å². The number of ether oxygens (including phenoxy) is 2. The Morgan fingerprint density at radius 3 is 2.04 bits per heavy atom. The molecule has 1 N–H and O–H groups in total. The molecule has 0 amide bonds. The lowest BCUT2D eigenvalue weighted by Crippen LogP contribution is -2.45.